The highest BCUT2D eigenvalue weighted by Crippen LogP contribution is 2.45. The van der Waals surface area contributed by atoms with Crippen LogP contribution in [0.25, 0.3) is 32.9 Å². The Bertz CT molecular complexity index is 2030. The number of ether oxygens (including phenoxy) is 2. The molecule has 2 N–H and O–H groups in total. The number of benzene rings is 2. The number of pyridine rings is 2. The number of fused-ring (bicyclic) bond motifs is 4. The molecule has 0 aliphatic carbocycles. The Balaban J connectivity index is 1.61. The van der Waals surface area contributed by atoms with Crippen LogP contribution in [-0.2, 0) is 22.5 Å². The van der Waals surface area contributed by atoms with Gasteiger partial charge in [-0.3, -0.25) is 9.59 Å². The maximum absolute atomic E-state index is 15.7. The Hall–Kier alpha value is -5.07. The van der Waals surface area contributed by atoms with Gasteiger partial charge in [0.05, 0.1) is 35.1 Å². The highest BCUT2D eigenvalue weighted by molar-refractivity contribution is 6.11. The molecule has 5 aromatic rings. The smallest absolute Gasteiger partial charge is 0.355 e. The van der Waals surface area contributed by atoms with Crippen molar-refractivity contribution >= 4 is 39.5 Å². The van der Waals surface area contributed by atoms with Gasteiger partial charge in [0.2, 0.25) is 5.91 Å². The second kappa shape index (κ2) is 12.7. The van der Waals surface area contributed by atoms with Crippen LogP contribution in [0.15, 0.2) is 59.5 Å². The number of hydrogen-bond acceptors (Lipinski definition) is 8. The number of aromatic amines is 1. The average Bonchev–Trinajstić information content (AvgIpc) is 3.61. The van der Waals surface area contributed by atoms with E-state index in [1.165, 1.54) is 12.3 Å². The number of halogens is 1. The molecule has 6 rings (SSSR count). The second-order valence-electron chi connectivity index (χ2n) is 11.8. The van der Waals surface area contributed by atoms with Crippen molar-refractivity contribution in [2.24, 2.45) is 0 Å². The van der Waals surface area contributed by atoms with Gasteiger partial charge in [0, 0.05) is 42.2 Å². The van der Waals surface area contributed by atoms with Crippen LogP contribution in [0.3, 0.4) is 0 Å². The normalized spacial score (nSPS) is 12.6. The summed E-state index contributed by atoms with van der Waals surface area (Å²) in [4.78, 5) is 51.0. The van der Waals surface area contributed by atoms with Crippen LogP contribution in [0.2, 0.25) is 0 Å². The maximum Gasteiger partial charge on any atom is 0.355 e. The molecule has 0 spiro atoms. The van der Waals surface area contributed by atoms with Gasteiger partial charge in [0.1, 0.15) is 29.7 Å². The molecule has 1 aliphatic heterocycles. The fourth-order valence-corrected chi connectivity index (χ4v) is 5.86. The predicted molar refractivity (Wildman–Crippen MR) is 174 cm³/mol. The fourth-order valence-electron chi connectivity index (χ4n) is 5.86. The number of anilines is 1. The topological polar surface area (TPSA) is 122 Å². The quantitative estimate of drug-likeness (QED) is 0.224. The second-order valence-corrected chi connectivity index (χ2v) is 11.8. The number of nitrogens with one attached hydrogen (secondary N) is 2. The minimum atomic E-state index is -0.665. The minimum absolute atomic E-state index is 0.0666. The highest BCUT2D eigenvalue weighted by atomic mass is 19.1. The van der Waals surface area contributed by atoms with Gasteiger partial charge in [-0.1, -0.05) is 18.2 Å². The number of para-hydroxylation sites is 1. The van der Waals surface area contributed by atoms with E-state index in [4.69, 9.17) is 9.47 Å². The zero-order valence-electron chi connectivity index (χ0n) is 26.1. The van der Waals surface area contributed by atoms with E-state index in [-0.39, 0.29) is 43.5 Å². The number of carbonyl (C=O) groups excluding carboxylic acids is 2. The van der Waals surface area contributed by atoms with Crippen LogP contribution in [0.1, 0.15) is 21.6 Å². The van der Waals surface area contributed by atoms with Gasteiger partial charge in [-0.15, -0.1) is 0 Å². The van der Waals surface area contributed by atoms with Crippen molar-refractivity contribution in [3.8, 4) is 16.9 Å². The summed E-state index contributed by atoms with van der Waals surface area (Å²) in [5.41, 5.74) is 2.31. The molecule has 12 heteroatoms. The Labute approximate surface area is 264 Å². The van der Waals surface area contributed by atoms with Crippen molar-refractivity contribution in [3.05, 3.63) is 87.7 Å². The molecule has 0 radical (unpaired) electrons. The van der Waals surface area contributed by atoms with Crippen LogP contribution >= 0.6 is 0 Å². The first-order valence-electron chi connectivity index (χ1n) is 15.0. The molecule has 3 aromatic heterocycles. The highest BCUT2D eigenvalue weighted by Gasteiger charge is 2.33. The van der Waals surface area contributed by atoms with E-state index in [0.29, 0.717) is 57.6 Å². The molecule has 1 amide bonds. The summed E-state index contributed by atoms with van der Waals surface area (Å²) in [7, 11) is 7.33. The van der Waals surface area contributed by atoms with Gasteiger partial charge >= 0.3 is 5.97 Å². The molecular formula is C34H35FN6O5. The van der Waals surface area contributed by atoms with Gasteiger partial charge in [-0.2, -0.15) is 0 Å². The average molecular weight is 627 g/mol. The van der Waals surface area contributed by atoms with E-state index in [1.807, 2.05) is 43.3 Å². The Morgan fingerprint density at radius 2 is 1.91 bits per heavy atom. The third-order valence-electron chi connectivity index (χ3n) is 7.87. The number of nitrogens with zero attached hydrogens (tertiary/aromatic N) is 4. The SMILES string of the molecule is CN(C)CCOC(=O)c1c(-c2ccc[nH]c2=O)c2c3c(c(F)cc2n1Cc1cc(NC(=O)CN(C)C)nc2ccccc12)CCO3. The van der Waals surface area contributed by atoms with E-state index >= 15 is 4.39 Å². The lowest BCUT2D eigenvalue weighted by atomic mass is 10.00. The number of esters is 1. The Morgan fingerprint density at radius 3 is 2.67 bits per heavy atom. The van der Waals surface area contributed by atoms with Crippen molar-refractivity contribution in [2.45, 2.75) is 13.0 Å². The van der Waals surface area contributed by atoms with E-state index in [9.17, 15) is 14.4 Å². The van der Waals surface area contributed by atoms with Crippen LogP contribution in [0, 0.1) is 5.82 Å². The van der Waals surface area contributed by atoms with Gasteiger partial charge < -0.3 is 34.1 Å². The molecule has 0 fully saturated rings. The maximum atomic E-state index is 15.7. The van der Waals surface area contributed by atoms with Crippen LogP contribution < -0.4 is 15.6 Å². The standard InChI is InChI=1S/C34H35FN6O5/c1-39(2)13-15-46-34(44)31-29(23-9-7-12-36-33(23)43)30-26(17-24(35)22-11-14-45-32(22)30)41(31)18-20-16-27(38-28(42)19-40(3)4)37-25-10-6-5-8-21(20)25/h5-10,12,16-17H,11,13-15,18-19H2,1-4H3,(H,36,43)(H,37,38,42). The molecule has 0 unspecified atom stereocenters. The molecule has 2 aromatic carbocycles. The number of amides is 1. The van der Waals surface area contributed by atoms with Crippen molar-refractivity contribution in [1.29, 1.82) is 0 Å². The molecule has 4 heterocycles. The van der Waals surface area contributed by atoms with Gasteiger partial charge in [0.25, 0.3) is 5.56 Å². The summed E-state index contributed by atoms with van der Waals surface area (Å²) < 4.78 is 29.1. The van der Waals surface area contributed by atoms with Crippen molar-refractivity contribution in [1.82, 2.24) is 24.3 Å². The summed E-state index contributed by atoms with van der Waals surface area (Å²) in [6, 6.07) is 13.9. The molecule has 238 valence electrons. The Morgan fingerprint density at radius 1 is 1.11 bits per heavy atom. The molecule has 46 heavy (non-hydrogen) atoms. The zero-order chi connectivity index (χ0) is 32.5. The number of hydrogen-bond donors (Lipinski definition) is 2. The number of likely N-dealkylation sites (N-methyl/N-ethyl adjacent to an activating group) is 2. The van der Waals surface area contributed by atoms with Gasteiger partial charge in [-0.05, 0) is 64.1 Å². The first kappa shape index (κ1) is 30.9. The lowest BCUT2D eigenvalue weighted by Gasteiger charge is -2.16. The summed E-state index contributed by atoms with van der Waals surface area (Å²) in [6.07, 6.45) is 1.87. The summed E-state index contributed by atoms with van der Waals surface area (Å²) in [5.74, 6) is -0.721. The minimum Gasteiger partial charge on any atom is -0.492 e. The van der Waals surface area contributed by atoms with E-state index in [1.54, 1.807) is 41.8 Å². The lowest BCUT2D eigenvalue weighted by molar-refractivity contribution is -0.116. The lowest BCUT2D eigenvalue weighted by Crippen LogP contribution is -2.27. The first-order chi connectivity index (χ1) is 22.1. The Kier molecular flexibility index (Phi) is 8.57. The number of rotatable bonds is 10. The molecule has 0 saturated heterocycles. The molecular weight excluding hydrogens is 591 g/mol. The summed E-state index contributed by atoms with van der Waals surface area (Å²) in [6.45, 7) is 1.08. The van der Waals surface area contributed by atoms with Crippen molar-refractivity contribution < 1.29 is 23.5 Å². The molecule has 0 atom stereocenters. The van der Waals surface area contributed by atoms with Gasteiger partial charge in [0.15, 0.2) is 0 Å². The predicted octanol–water partition coefficient (Wildman–Crippen LogP) is 3.89. The zero-order valence-corrected chi connectivity index (χ0v) is 26.1. The van der Waals surface area contributed by atoms with E-state index in [2.05, 4.69) is 15.3 Å². The van der Waals surface area contributed by atoms with Crippen molar-refractivity contribution in [2.75, 3.05) is 59.8 Å². The third kappa shape index (κ3) is 5.96. The number of aromatic nitrogens is 3. The molecule has 1 aliphatic rings. The van der Waals surface area contributed by atoms with Crippen molar-refractivity contribution in [3.63, 3.8) is 0 Å². The largest absolute Gasteiger partial charge is 0.492 e. The summed E-state index contributed by atoms with van der Waals surface area (Å²) in [5, 5.41) is 4.10. The fraction of sp³-hybridized carbons (Fsp3) is 0.294. The third-order valence-corrected chi connectivity index (χ3v) is 7.87. The molecule has 11 nitrogen and oxygen atoms in total. The van der Waals surface area contributed by atoms with Crippen LogP contribution in [0.5, 0.6) is 5.75 Å². The van der Waals surface area contributed by atoms with Crippen LogP contribution in [-0.4, -0.2) is 90.7 Å². The van der Waals surface area contributed by atoms with Crippen LogP contribution in [0.4, 0.5) is 10.2 Å². The van der Waals surface area contributed by atoms with Gasteiger partial charge in [-0.25, -0.2) is 14.2 Å². The monoisotopic (exact) mass is 626 g/mol. The molecule has 0 saturated carbocycles. The molecule has 0 bridgehead atoms. The summed E-state index contributed by atoms with van der Waals surface area (Å²) >= 11 is 0. The number of H-pyrrole nitrogens is 1. The first-order valence-corrected chi connectivity index (χ1v) is 15.0. The number of carbonyl (C=O) groups is 2. The van der Waals surface area contributed by atoms with E-state index < -0.39 is 17.3 Å². The van der Waals surface area contributed by atoms with E-state index in [0.717, 1.165) is 5.39 Å².